The summed E-state index contributed by atoms with van der Waals surface area (Å²) < 4.78 is 1.07. The number of benzene rings is 3. The largest absolute Gasteiger partial charge is 0.360 e. The summed E-state index contributed by atoms with van der Waals surface area (Å²) in [4.78, 5) is 4.94. The molecule has 3 heteroatoms. The van der Waals surface area contributed by atoms with Crippen LogP contribution in [0, 0.1) is 0 Å². The number of nitrogens with one attached hydrogen (secondary N) is 1. The smallest absolute Gasteiger partial charge is 0.145 e. The van der Waals surface area contributed by atoms with E-state index in [2.05, 4.69) is 88.0 Å². The quantitative estimate of drug-likeness (QED) is 0.621. The van der Waals surface area contributed by atoms with Gasteiger partial charge in [-0.1, -0.05) is 88.7 Å². The average Bonchev–Trinajstić information content (AvgIpc) is 2.69. The van der Waals surface area contributed by atoms with Crippen LogP contribution in [0.4, 0.5) is 0 Å². The molecule has 0 fully saturated rings. The molecule has 25 heavy (non-hydrogen) atoms. The van der Waals surface area contributed by atoms with Crippen LogP contribution < -0.4 is 5.32 Å². The molecular formula is C22H17BrN2. The molecule has 1 unspecified atom stereocenters. The maximum Gasteiger partial charge on any atom is 0.145 e. The molecule has 3 aromatic rings. The molecule has 0 bridgehead atoms. The van der Waals surface area contributed by atoms with Gasteiger partial charge in [0.05, 0.1) is 5.71 Å². The SMILES string of the molecule is Brc1ccc(C2N=C(c3ccccc3)C=C(c3ccccc3)N2)cc1. The van der Waals surface area contributed by atoms with Gasteiger partial charge in [0.15, 0.2) is 0 Å². The molecule has 0 radical (unpaired) electrons. The number of aliphatic imine (C=N–C) groups is 1. The molecule has 0 saturated heterocycles. The van der Waals surface area contributed by atoms with Crippen molar-refractivity contribution in [1.29, 1.82) is 0 Å². The number of hydrogen-bond acceptors (Lipinski definition) is 2. The van der Waals surface area contributed by atoms with Gasteiger partial charge in [0.25, 0.3) is 0 Å². The third kappa shape index (κ3) is 3.57. The zero-order chi connectivity index (χ0) is 17.1. The van der Waals surface area contributed by atoms with Crippen LogP contribution in [0.1, 0.15) is 22.9 Å². The summed E-state index contributed by atoms with van der Waals surface area (Å²) >= 11 is 3.50. The summed E-state index contributed by atoms with van der Waals surface area (Å²) in [6.07, 6.45) is 2.02. The van der Waals surface area contributed by atoms with E-state index >= 15 is 0 Å². The zero-order valence-corrected chi connectivity index (χ0v) is 15.1. The Balaban J connectivity index is 1.78. The number of nitrogens with zero attached hydrogens (tertiary/aromatic N) is 1. The number of rotatable bonds is 3. The molecule has 3 aromatic carbocycles. The minimum atomic E-state index is -0.108. The molecule has 1 N–H and O–H groups in total. The Morgan fingerprint density at radius 2 is 1.32 bits per heavy atom. The molecular weight excluding hydrogens is 372 g/mol. The van der Waals surface area contributed by atoms with Gasteiger partial charge >= 0.3 is 0 Å². The van der Waals surface area contributed by atoms with E-state index in [9.17, 15) is 0 Å². The van der Waals surface area contributed by atoms with Gasteiger partial charge in [0.2, 0.25) is 0 Å². The van der Waals surface area contributed by atoms with Crippen molar-refractivity contribution >= 4 is 27.3 Å². The first-order valence-corrected chi connectivity index (χ1v) is 9.01. The Morgan fingerprint density at radius 1 is 0.720 bits per heavy atom. The van der Waals surface area contributed by atoms with Crippen LogP contribution in [0.5, 0.6) is 0 Å². The van der Waals surface area contributed by atoms with Crippen LogP contribution >= 0.6 is 15.9 Å². The summed E-state index contributed by atoms with van der Waals surface area (Å²) in [5.41, 5.74) is 5.50. The Hall–Kier alpha value is -2.65. The molecule has 2 nitrogen and oxygen atoms in total. The minimum Gasteiger partial charge on any atom is -0.360 e. The summed E-state index contributed by atoms with van der Waals surface area (Å²) in [5.74, 6) is 0. The van der Waals surface area contributed by atoms with Crippen LogP contribution in [0.25, 0.3) is 5.70 Å². The van der Waals surface area contributed by atoms with E-state index in [1.165, 1.54) is 0 Å². The molecule has 0 spiro atoms. The van der Waals surface area contributed by atoms with Crippen molar-refractivity contribution in [3.05, 3.63) is 112 Å². The van der Waals surface area contributed by atoms with E-state index in [0.717, 1.165) is 32.6 Å². The normalized spacial score (nSPS) is 16.6. The van der Waals surface area contributed by atoms with Crippen molar-refractivity contribution in [3.8, 4) is 0 Å². The third-order valence-corrected chi connectivity index (χ3v) is 4.71. The average molecular weight is 389 g/mol. The van der Waals surface area contributed by atoms with E-state index in [4.69, 9.17) is 4.99 Å². The first-order valence-electron chi connectivity index (χ1n) is 8.22. The lowest BCUT2D eigenvalue weighted by Crippen LogP contribution is -2.24. The number of hydrogen-bond donors (Lipinski definition) is 1. The molecule has 4 rings (SSSR count). The highest BCUT2D eigenvalue weighted by Crippen LogP contribution is 2.27. The Morgan fingerprint density at radius 3 is 1.96 bits per heavy atom. The number of allylic oxidation sites excluding steroid dienone is 1. The first kappa shape index (κ1) is 15.9. The second-order valence-electron chi connectivity index (χ2n) is 5.90. The van der Waals surface area contributed by atoms with Crippen molar-refractivity contribution in [2.75, 3.05) is 0 Å². The maximum atomic E-state index is 4.94. The van der Waals surface area contributed by atoms with E-state index in [1.807, 2.05) is 24.3 Å². The van der Waals surface area contributed by atoms with Crippen molar-refractivity contribution < 1.29 is 0 Å². The van der Waals surface area contributed by atoms with Gasteiger partial charge in [-0.25, -0.2) is 0 Å². The first-order chi connectivity index (χ1) is 12.3. The lowest BCUT2D eigenvalue weighted by Gasteiger charge is -2.25. The summed E-state index contributed by atoms with van der Waals surface area (Å²) in [6.45, 7) is 0. The van der Waals surface area contributed by atoms with Crippen LogP contribution in [0.3, 0.4) is 0 Å². The molecule has 0 aromatic heterocycles. The van der Waals surface area contributed by atoms with Crippen molar-refractivity contribution in [2.45, 2.75) is 6.17 Å². The monoisotopic (exact) mass is 388 g/mol. The molecule has 1 atom stereocenters. The molecule has 0 aliphatic carbocycles. The number of halogens is 1. The maximum absolute atomic E-state index is 4.94. The van der Waals surface area contributed by atoms with Crippen LogP contribution in [0.15, 0.2) is 100 Å². The fourth-order valence-electron chi connectivity index (χ4n) is 2.89. The third-order valence-electron chi connectivity index (χ3n) is 4.18. The predicted molar refractivity (Wildman–Crippen MR) is 107 cm³/mol. The molecule has 1 aliphatic heterocycles. The van der Waals surface area contributed by atoms with Gasteiger partial charge in [-0.05, 0) is 34.9 Å². The molecule has 0 amide bonds. The summed E-state index contributed by atoms with van der Waals surface area (Å²) in [6, 6.07) is 29.0. The second kappa shape index (κ2) is 7.08. The van der Waals surface area contributed by atoms with E-state index < -0.39 is 0 Å². The minimum absolute atomic E-state index is 0.108. The summed E-state index contributed by atoms with van der Waals surface area (Å²) in [5, 5.41) is 3.56. The fraction of sp³-hybridized carbons (Fsp3) is 0.0455. The van der Waals surface area contributed by atoms with Crippen LogP contribution in [-0.2, 0) is 0 Å². The van der Waals surface area contributed by atoms with E-state index in [0.29, 0.717) is 0 Å². The van der Waals surface area contributed by atoms with Crippen molar-refractivity contribution in [2.24, 2.45) is 4.99 Å². The lowest BCUT2D eigenvalue weighted by atomic mass is 10.0. The molecule has 1 heterocycles. The van der Waals surface area contributed by atoms with Crippen LogP contribution in [0.2, 0.25) is 0 Å². The second-order valence-corrected chi connectivity index (χ2v) is 6.82. The Kier molecular flexibility index (Phi) is 4.49. The predicted octanol–water partition coefficient (Wildman–Crippen LogP) is 5.58. The topological polar surface area (TPSA) is 24.4 Å². The van der Waals surface area contributed by atoms with Gasteiger partial charge in [0, 0.05) is 10.2 Å². The highest BCUT2D eigenvalue weighted by molar-refractivity contribution is 9.10. The fourth-order valence-corrected chi connectivity index (χ4v) is 3.15. The van der Waals surface area contributed by atoms with Crippen LogP contribution in [-0.4, -0.2) is 5.71 Å². The van der Waals surface area contributed by atoms with Gasteiger partial charge in [0.1, 0.15) is 6.17 Å². The van der Waals surface area contributed by atoms with Crippen molar-refractivity contribution in [1.82, 2.24) is 5.32 Å². The van der Waals surface area contributed by atoms with E-state index in [-0.39, 0.29) is 6.17 Å². The lowest BCUT2D eigenvalue weighted by molar-refractivity contribution is 0.664. The van der Waals surface area contributed by atoms with Gasteiger partial charge < -0.3 is 5.32 Å². The van der Waals surface area contributed by atoms with Gasteiger partial charge in [-0.3, -0.25) is 4.99 Å². The van der Waals surface area contributed by atoms with Gasteiger partial charge in [-0.2, -0.15) is 0 Å². The summed E-state index contributed by atoms with van der Waals surface area (Å²) in [7, 11) is 0. The molecule has 0 saturated carbocycles. The van der Waals surface area contributed by atoms with Gasteiger partial charge in [-0.15, -0.1) is 0 Å². The van der Waals surface area contributed by atoms with E-state index in [1.54, 1.807) is 0 Å². The Labute approximate surface area is 156 Å². The molecule has 1 aliphatic rings. The van der Waals surface area contributed by atoms with Crippen molar-refractivity contribution in [3.63, 3.8) is 0 Å². The Bertz CT molecular complexity index is 913. The standard InChI is InChI=1S/C22H17BrN2/c23-19-13-11-18(12-14-19)22-24-20(16-7-3-1-4-8-16)15-21(25-22)17-9-5-2-6-10-17/h1-15,22,24H. The highest BCUT2D eigenvalue weighted by Gasteiger charge is 2.19. The molecule has 122 valence electrons. The highest BCUT2D eigenvalue weighted by atomic mass is 79.9. The zero-order valence-electron chi connectivity index (χ0n) is 13.6.